The van der Waals surface area contributed by atoms with Crippen molar-refractivity contribution in [1.82, 2.24) is 4.98 Å². The Morgan fingerprint density at radius 1 is 1.06 bits per heavy atom. The Kier molecular flexibility index (Phi) is 2.47. The van der Waals surface area contributed by atoms with Crippen molar-refractivity contribution >= 4 is 17.1 Å². The highest BCUT2D eigenvalue weighted by Gasteiger charge is 2.31. The van der Waals surface area contributed by atoms with Crippen LogP contribution in [0, 0.1) is 6.92 Å². The van der Waals surface area contributed by atoms with Crippen LogP contribution in [-0.2, 0) is 0 Å². The van der Waals surface area contributed by atoms with E-state index in [0.29, 0.717) is 6.17 Å². The van der Waals surface area contributed by atoms with Gasteiger partial charge in [0.05, 0.1) is 17.6 Å². The molecule has 0 saturated heterocycles. The summed E-state index contributed by atoms with van der Waals surface area (Å²) in [6.07, 6.45) is 4.10. The molecule has 3 heteroatoms. The zero-order valence-electron chi connectivity index (χ0n) is 11.0. The summed E-state index contributed by atoms with van der Waals surface area (Å²) in [6.45, 7) is 4.37. The Morgan fingerprint density at radius 2 is 1.83 bits per heavy atom. The Morgan fingerprint density at radius 3 is 2.61 bits per heavy atom. The highest BCUT2D eigenvalue weighted by atomic mass is 15.4. The number of fused-ring (bicyclic) bond motifs is 1. The number of anilines is 3. The number of aryl methyl sites for hydroxylation is 1. The second-order valence-corrected chi connectivity index (χ2v) is 4.76. The number of nitrogens with zero attached hydrogens (tertiary/aromatic N) is 3. The molecule has 0 aliphatic carbocycles. The molecule has 1 atom stereocenters. The molecule has 1 unspecified atom stereocenters. The van der Waals surface area contributed by atoms with Gasteiger partial charge < -0.3 is 9.80 Å². The second-order valence-electron chi connectivity index (χ2n) is 4.76. The first kappa shape index (κ1) is 11.1. The van der Waals surface area contributed by atoms with Gasteiger partial charge in [0.2, 0.25) is 0 Å². The SMILES string of the molecule is Cc1ccccc1N1c2ccncc2N(C)C1C. The van der Waals surface area contributed by atoms with Crippen LogP contribution in [0.4, 0.5) is 17.1 Å². The van der Waals surface area contributed by atoms with E-state index in [1.54, 1.807) is 0 Å². The van der Waals surface area contributed by atoms with Crippen LogP contribution < -0.4 is 9.80 Å². The van der Waals surface area contributed by atoms with Gasteiger partial charge in [-0.1, -0.05) is 18.2 Å². The molecular formula is C15H17N3. The molecule has 2 aromatic rings. The van der Waals surface area contributed by atoms with Gasteiger partial charge in [-0.05, 0) is 31.5 Å². The summed E-state index contributed by atoms with van der Waals surface area (Å²) in [6, 6.07) is 10.6. The topological polar surface area (TPSA) is 19.4 Å². The summed E-state index contributed by atoms with van der Waals surface area (Å²) in [5.74, 6) is 0. The van der Waals surface area contributed by atoms with E-state index in [-0.39, 0.29) is 0 Å². The Bertz CT molecular complexity index is 579. The maximum atomic E-state index is 4.22. The Balaban J connectivity index is 2.16. The van der Waals surface area contributed by atoms with Gasteiger partial charge in [-0.2, -0.15) is 0 Å². The van der Waals surface area contributed by atoms with Gasteiger partial charge >= 0.3 is 0 Å². The smallest absolute Gasteiger partial charge is 0.103 e. The molecule has 0 bridgehead atoms. The van der Waals surface area contributed by atoms with E-state index in [4.69, 9.17) is 0 Å². The first-order valence-corrected chi connectivity index (χ1v) is 6.22. The monoisotopic (exact) mass is 239 g/mol. The van der Waals surface area contributed by atoms with Crippen molar-refractivity contribution < 1.29 is 0 Å². The van der Waals surface area contributed by atoms with E-state index >= 15 is 0 Å². The van der Waals surface area contributed by atoms with Crippen molar-refractivity contribution in [3.63, 3.8) is 0 Å². The maximum Gasteiger partial charge on any atom is 0.103 e. The summed E-state index contributed by atoms with van der Waals surface area (Å²) >= 11 is 0. The highest BCUT2D eigenvalue weighted by molar-refractivity contribution is 5.83. The number of pyridine rings is 1. The fraction of sp³-hybridized carbons (Fsp3) is 0.267. The van der Waals surface area contributed by atoms with Crippen LogP contribution in [0.1, 0.15) is 12.5 Å². The van der Waals surface area contributed by atoms with Gasteiger partial charge in [0.25, 0.3) is 0 Å². The van der Waals surface area contributed by atoms with Crippen LogP contribution in [-0.4, -0.2) is 18.2 Å². The minimum absolute atomic E-state index is 0.310. The lowest BCUT2D eigenvalue weighted by Gasteiger charge is -2.28. The van der Waals surface area contributed by atoms with Gasteiger partial charge in [0.15, 0.2) is 0 Å². The molecule has 0 radical (unpaired) electrons. The number of para-hydroxylation sites is 1. The molecule has 1 aromatic heterocycles. The van der Waals surface area contributed by atoms with Crippen LogP contribution in [0.25, 0.3) is 0 Å². The summed E-state index contributed by atoms with van der Waals surface area (Å²) in [5, 5.41) is 0. The van der Waals surface area contributed by atoms with E-state index in [2.05, 4.69) is 66.0 Å². The Labute approximate surface area is 108 Å². The number of rotatable bonds is 1. The van der Waals surface area contributed by atoms with E-state index in [1.807, 2.05) is 12.4 Å². The van der Waals surface area contributed by atoms with Crippen LogP contribution in [0.15, 0.2) is 42.7 Å². The van der Waals surface area contributed by atoms with Crippen molar-refractivity contribution in [3.05, 3.63) is 48.3 Å². The minimum Gasteiger partial charge on any atom is -0.351 e. The molecular weight excluding hydrogens is 222 g/mol. The molecule has 0 saturated carbocycles. The third kappa shape index (κ3) is 1.47. The predicted molar refractivity (Wildman–Crippen MR) is 75.4 cm³/mol. The molecule has 92 valence electrons. The third-order valence-electron chi connectivity index (χ3n) is 3.73. The van der Waals surface area contributed by atoms with Crippen LogP contribution in [0.3, 0.4) is 0 Å². The quantitative estimate of drug-likeness (QED) is 0.761. The molecule has 0 N–H and O–H groups in total. The number of benzene rings is 1. The van der Waals surface area contributed by atoms with Crippen LogP contribution in [0.5, 0.6) is 0 Å². The average molecular weight is 239 g/mol. The second kappa shape index (κ2) is 4.02. The lowest BCUT2D eigenvalue weighted by atomic mass is 10.1. The highest BCUT2D eigenvalue weighted by Crippen LogP contribution is 2.43. The molecule has 1 aliphatic rings. The summed E-state index contributed by atoms with van der Waals surface area (Å²) in [5.41, 5.74) is 4.98. The van der Waals surface area contributed by atoms with E-state index in [1.165, 1.54) is 22.6 Å². The predicted octanol–water partition coefficient (Wildman–Crippen LogP) is 3.32. The lowest BCUT2D eigenvalue weighted by molar-refractivity contribution is 0.732. The zero-order valence-corrected chi connectivity index (χ0v) is 11.0. The summed E-state index contributed by atoms with van der Waals surface area (Å²) in [7, 11) is 2.11. The van der Waals surface area contributed by atoms with Crippen molar-refractivity contribution in [2.75, 3.05) is 16.8 Å². The van der Waals surface area contributed by atoms with Crippen LogP contribution in [0.2, 0.25) is 0 Å². The molecule has 1 aromatic carbocycles. The van der Waals surface area contributed by atoms with Gasteiger partial charge in [-0.25, -0.2) is 0 Å². The molecule has 3 rings (SSSR count). The van der Waals surface area contributed by atoms with Gasteiger partial charge in [0, 0.05) is 18.9 Å². The molecule has 0 fully saturated rings. The van der Waals surface area contributed by atoms with Gasteiger partial charge in [-0.15, -0.1) is 0 Å². The minimum atomic E-state index is 0.310. The van der Waals surface area contributed by atoms with E-state index in [9.17, 15) is 0 Å². The summed E-state index contributed by atoms with van der Waals surface area (Å²) < 4.78 is 0. The summed E-state index contributed by atoms with van der Waals surface area (Å²) in [4.78, 5) is 8.85. The largest absolute Gasteiger partial charge is 0.351 e. The molecule has 3 nitrogen and oxygen atoms in total. The third-order valence-corrected chi connectivity index (χ3v) is 3.73. The number of hydrogen-bond donors (Lipinski definition) is 0. The standard InChI is InChI=1S/C15H17N3/c1-11-6-4-5-7-13(11)18-12(2)17(3)15-10-16-9-8-14(15)18/h4-10,12H,1-3H3. The maximum absolute atomic E-state index is 4.22. The molecule has 0 amide bonds. The van der Waals surface area contributed by atoms with Crippen molar-refractivity contribution in [2.24, 2.45) is 0 Å². The van der Waals surface area contributed by atoms with Crippen molar-refractivity contribution in [1.29, 1.82) is 0 Å². The Hall–Kier alpha value is -2.03. The molecule has 1 aliphatic heterocycles. The normalized spacial score (nSPS) is 18.1. The zero-order chi connectivity index (χ0) is 12.7. The lowest BCUT2D eigenvalue weighted by Crippen LogP contribution is -2.35. The number of aromatic nitrogens is 1. The number of hydrogen-bond acceptors (Lipinski definition) is 3. The van der Waals surface area contributed by atoms with Crippen LogP contribution >= 0.6 is 0 Å². The van der Waals surface area contributed by atoms with Gasteiger partial charge in [0.1, 0.15) is 6.17 Å². The average Bonchev–Trinajstić information content (AvgIpc) is 2.64. The van der Waals surface area contributed by atoms with Crippen molar-refractivity contribution in [2.45, 2.75) is 20.0 Å². The van der Waals surface area contributed by atoms with E-state index < -0.39 is 0 Å². The molecule has 0 spiro atoms. The first-order valence-electron chi connectivity index (χ1n) is 6.22. The molecule has 18 heavy (non-hydrogen) atoms. The fourth-order valence-electron chi connectivity index (χ4n) is 2.59. The fourth-order valence-corrected chi connectivity index (χ4v) is 2.59. The van der Waals surface area contributed by atoms with Crippen molar-refractivity contribution in [3.8, 4) is 0 Å². The molecule has 2 heterocycles. The first-order chi connectivity index (χ1) is 8.70. The van der Waals surface area contributed by atoms with E-state index in [0.717, 1.165) is 0 Å². The van der Waals surface area contributed by atoms with Gasteiger partial charge in [-0.3, -0.25) is 4.98 Å².